The number of nitrogens with zero attached hydrogens (tertiary/aromatic N) is 2. The summed E-state index contributed by atoms with van der Waals surface area (Å²) in [7, 11) is 0. The second-order valence-electron chi connectivity index (χ2n) is 4.98. The number of pyridine rings is 1. The summed E-state index contributed by atoms with van der Waals surface area (Å²) >= 11 is 0. The normalized spacial score (nSPS) is 10.8. The average Bonchev–Trinajstić information content (AvgIpc) is 2.98. The van der Waals surface area contributed by atoms with Crippen molar-refractivity contribution in [2.75, 3.05) is 23.3 Å². The molecule has 0 unspecified atom stereocenters. The number of rotatable bonds is 5. The predicted molar refractivity (Wildman–Crippen MR) is 89.4 cm³/mol. The molecule has 4 heteroatoms. The molecule has 21 heavy (non-hydrogen) atoms. The fraction of sp³-hybridized carbons (Fsp3) is 0.235. The van der Waals surface area contributed by atoms with Crippen molar-refractivity contribution >= 4 is 28.1 Å². The zero-order valence-electron chi connectivity index (χ0n) is 12.4. The van der Waals surface area contributed by atoms with Gasteiger partial charge < -0.3 is 15.2 Å². The smallest absolute Gasteiger partial charge is 0.137 e. The van der Waals surface area contributed by atoms with Crippen LogP contribution in [-0.2, 0) is 0 Å². The first-order chi connectivity index (χ1) is 10.3. The van der Waals surface area contributed by atoms with E-state index in [1.807, 2.05) is 18.5 Å². The molecule has 0 saturated heterocycles. The van der Waals surface area contributed by atoms with Gasteiger partial charge in [-0.2, -0.15) is 0 Å². The predicted octanol–water partition coefficient (Wildman–Crippen LogP) is 4.15. The Hall–Kier alpha value is -2.49. The number of aromatic nitrogens is 2. The fourth-order valence-electron chi connectivity index (χ4n) is 2.52. The molecule has 108 valence electrons. The number of H-pyrrole nitrogens is 1. The molecular formula is C17H20N4. The van der Waals surface area contributed by atoms with Crippen molar-refractivity contribution in [3.05, 3.63) is 48.8 Å². The van der Waals surface area contributed by atoms with Crippen LogP contribution in [0, 0.1) is 0 Å². The zero-order valence-corrected chi connectivity index (χ0v) is 12.4. The standard InChI is InChI=1S/C17H20N4/c1-3-21(4-2)16-7-5-14(6-8-16)20-15-11-13-9-10-18-17(13)19-12-15/h5-12,20H,3-4H2,1-2H3,(H,18,19). The number of benzene rings is 1. The molecule has 0 bridgehead atoms. The van der Waals surface area contributed by atoms with Crippen molar-refractivity contribution < 1.29 is 0 Å². The van der Waals surface area contributed by atoms with Gasteiger partial charge in [0.2, 0.25) is 0 Å². The number of hydrogen-bond donors (Lipinski definition) is 2. The maximum absolute atomic E-state index is 4.38. The fourth-order valence-corrected chi connectivity index (χ4v) is 2.52. The summed E-state index contributed by atoms with van der Waals surface area (Å²) in [6, 6.07) is 12.6. The van der Waals surface area contributed by atoms with Gasteiger partial charge in [0.15, 0.2) is 0 Å². The van der Waals surface area contributed by atoms with Crippen LogP contribution in [0.1, 0.15) is 13.8 Å². The van der Waals surface area contributed by atoms with Gasteiger partial charge in [-0.05, 0) is 50.2 Å². The zero-order chi connectivity index (χ0) is 14.7. The van der Waals surface area contributed by atoms with Crippen molar-refractivity contribution in [2.24, 2.45) is 0 Å². The van der Waals surface area contributed by atoms with Crippen molar-refractivity contribution in [2.45, 2.75) is 13.8 Å². The lowest BCUT2D eigenvalue weighted by molar-refractivity contribution is 0.866. The van der Waals surface area contributed by atoms with Crippen molar-refractivity contribution in [3.8, 4) is 0 Å². The van der Waals surface area contributed by atoms with Gasteiger partial charge in [0.25, 0.3) is 0 Å². The molecule has 0 aliphatic rings. The molecule has 0 saturated carbocycles. The van der Waals surface area contributed by atoms with Crippen molar-refractivity contribution in [1.29, 1.82) is 0 Å². The second-order valence-corrected chi connectivity index (χ2v) is 4.98. The summed E-state index contributed by atoms with van der Waals surface area (Å²) in [5.74, 6) is 0. The minimum absolute atomic E-state index is 0.914. The maximum Gasteiger partial charge on any atom is 0.137 e. The van der Waals surface area contributed by atoms with Gasteiger partial charge in [-0.15, -0.1) is 0 Å². The van der Waals surface area contributed by atoms with E-state index in [1.54, 1.807) is 0 Å². The number of hydrogen-bond acceptors (Lipinski definition) is 3. The minimum atomic E-state index is 0.914. The molecule has 3 aromatic rings. The molecule has 2 heterocycles. The second kappa shape index (κ2) is 5.87. The lowest BCUT2D eigenvalue weighted by Crippen LogP contribution is -2.21. The first kappa shape index (κ1) is 13.5. The molecule has 2 N–H and O–H groups in total. The van der Waals surface area contributed by atoms with Crippen LogP contribution in [0.3, 0.4) is 0 Å². The van der Waals surface area contributed by atoms with E-state index in [2.05, 4.69) is 64.4 Å². The molecule has 0 aliphatic carbocycles. The van der Waals surface area contributed by atoms with Crippen LogP contribution >= 0.6 is 0 Å². The Morgan fingerprint density at radius 1 is 1.05 bits per heavy atom. The summed E-state index contributed by atoms with van der Waals surface area (Å²) in [5.41, 5.74) is 4.24. The Morgan fingerprint density at radius 3 is 2.52 bits per heavy atom. The first-order valence-electron chi connectivity index (χ1n) is 7.35. The monoisotopic (exact) mass is 280 g/mol. The van der Waals surface area contributed by atoms with Crippen LogP contribution < -0.4 is 10.2 Å². The van der Waals surface area contributed by atoms with Crippen LogP contribution in [0.25, 0.3) is 11.0 Å². The molecule has 0 fully saturated rings. The van der Waals surface area contributed by atoms with E-state index in [1.165, 1.54) is 5.69 Å². The Labute approximate surface area is 124 Å². The lowest BCUT2D eigenvalue weighted by Gasteiger charge is -2.21. The SMILES string of the molecule is CCN(CC)c1ccc(Nc2cnc3[nH]ccc3c2)cc1. The molecule has 0 spiro atoms. The van der Waals surface area contributed by atoms with Crippen molar-refractivity contribution in [3.63, 3.8) is 0 Å². The van der Waals surface area contributed by atoms with Crippen LogP contribution in [0.5, 0.6) is 0 Å². The third-order valence-electron chi connectivity index (χ3n) is 3.68. The Morgan fingerprint density at radius 2 is 1.81 bits per heavy atom. The maximum atomic E-state index is 4.38. The quantitative estimate of drug-likeness (QED) is 0.737. The van der Waals surface area contributed by atoms with E-state index in [0.717, 1.165) is 35.5 Å². The third-order valence-corrected chi connectivity index (χ3v) is 3.68. The molecular weight excluding hydrogens is 260 g/mol. The number of nitrogens with one attached hydrogen (secondary N) is 2. The molecule has 0 atom stereocenters. The summed E-state index contributed by atoms with van der Waals surface area (Å²) in [5, 5.41) is 4.50. The summed E-state index contributed by atoms with van der Waals surface area (Å²) in [6.07, 6.45) is 3.75. The number of anilines is 3. The van der Waals surface area contributed by atoms with Crippen molar-refractivity contribution in [1.82, 2.24) is 9.97 Å². The van der Waals surface area contributed by atoms with Gasteiger partial charge in [0.1, 0.15) is 5.65 Å². The molecule has 0 radical (unpaired) electrons. The highest BCUT2D eigenvalue weighted by Crippen LogP contribution is 2.22. The highest BCUT2D eigenvalue weighted by atomic mass is 15.1. The van der Waals surface area contributed by atoms with Gasteiger partial charge in [-0.3, -0.25) is 0 Å². The van der Waals surface area contributed by atoms with Gasteiger partial charge in [-0.25, -0.2) is 4.98 Å². The molecule has 0 aliphatic heterocycles. The molecule has 3 rings (SSSR count). The highest BCUT2D eigenvalue weighted by molar-refractivity contribution is 5.80. The van der Waals surface area contributed by atoms with E-state index in [4.69, 9.17) is 0 Å². The van der Waals surface area contributed by atoms with Crippen LogP contribution in [-0.4, -0.2) is 23.1 Å². The Kier molecular flexibility index (Phi) is 3.77. The lowest BCUT2D eigenvalue weighted by atomic mass is 10.2. The Balaban J connectivity index is 1.78. The van der Waals surface area contributed by atoms with E-state index < -0.39 is 0 Å². The van der Waals surface area contributed by atoms with E-state index in [9.17, 15) is 0 Å². The van der Waals surface area contributed by atoms with Crippen LogP contribution in [0.2, 0.25) is 0 Å². The van der Waals surface area contributed by atoms with E-state index in [-0.39, 0.29) is 0 Å². The van der Waals surface area contributed by atoms with E-state index in [0.29, 0.717) is 0 Å². The summed E-state index contributed by atoms with van der Waals surface area (Å²) in [6.45, 7) is 6.40. The Bertz CT molecular complexity index is 711. The highest BCUT2D eigenvalue weighted by Gasteiger charge is 2.02. The van der Waals surface area contributed by atoms with Crippen LogP contribution in [0.4, 0.5) is 17.1 Å². The molecule has 4 nitrogen and oxygen atoms in total. The number of aromatic amines is 1. The molecule has 0 amide bonds. The first-order valence-corrected chi connectivity index (χ1v) is 7.35. The van der Waals surface area contributed by atoms with Gasteiger partial charge in [0, 0.05) is 36.0 Å². The number of fused-ring (bicyclic) bond motifs is 1. The van der Waals surface area contributed by atoms with E-state index >= 15 is 0 Å². The summed E-state index contributed by atoms with van der Waals surface area (Å²) in [4.78, 5) is 9.81. The molecule has 1 aromatic carbocycles. The largest absolute Gasteiger partial charge is 0.372 e. The average molecular weight is 280 g/mol. The minimum Gasteiger partial charge on any atom is -0.372 e. The third kappa shape index (κ3) is 2.84. The molecule has 2 aromatic heterocycles. The van der Waals surface area contributed by atoms with Gasteiger partial charge >= 0.3 is 0 Å². The van der Waals surface area contributed by atoms with Gasteiger partial charge in [0.05, 0.1) is 11.9 Å². The van der Waals surface area contributed by atoms with Gasteiger partial charge in [-0.1, -0.05) is 0 Å². The topological polar surface area (TPSA) is 44.0 Å². The summed E-state index contributed by atoms with van der Waals surface area (Å²) < 4.78 is 0. The van der Waals surface area contributed by atoms with Crippen LogP contribution in [0.15, 0.2) is 48.8 Å².